The molecule has 0 aromatic rings. The van der Waals surface area contributed by atoms with Crippen LogP contribution in [0.25, 0.3) is 0 Å². The number of allylic oxidation sites excluding steroid dienone is 4. The molecule has 1 unspecified atom stereocenters. The minimum Gasteiger partial charge on any atom is -0.295 e. The quantitative estimate of drug-likeness (QED) is 0.383. The van der Waals surface area contributed by atoms with Gasteiger partial charge in [-0.25, -0.2) is 0 Å². The predicted molar refractivity (Wildman–Crippen MR) is 94.8 cm³/mol. The van der Waals surface area contributed by atoms with Crippen LogP contribution < -0.4 is 0 Å². The molecule has 0 bridgehead atoms. The Labute approximate surface area is 137 Å². The Morgan fingerprint density at radius 1 is 1.32 bits per heavy atom. The van der Waals surface area contributed by atoms with Crippen molar-refractivity contribution in [2.75, 3.05) is 0 Å². The molecule has 0 aromatic heterocycles. The van der Waals surface area contributed by atoms with Crippen LogP contribution in [-0.4, -0.2) is 5.78 Å². The molecule has 2 rings (SSSR count). The van der Waals surface area contributed by atoms with Crippen LogP contribution in [0.4, 0.5) is 0 Å². The summed E-state index contributed by atoms with van der Waals surface area (Å²) in [4.78, 5) is 11.8. The maximum atomic E-state index is 11.8. The van der Waals surface area contributed by atoms with E-state index in [2.05, 4.69) is 33.8 Å². The Balaban J connectivity index is 1.82. The molecule has 0 heterocycles. The van der Waals surface area contributed by atoms with Gasteiger partial charge in [0.2, 0.25) is 0 Å². The Morgan fingerprint density at radius 2 is 2.05 bits per heavy atom. The van der Waals surface area contributed by atoms with E-state index in [1.165, 1.54) is 32.1 Å². The zero-order chi connectivity index (χ0) is 16.2. The Kier molecular flexibility index (Phi) is 6.06. The lowest BCUT2D eigenvalue weighted by atomic mass is 9.64. The number of hydrogen-bond donors (Lipinski definition) is 0. The van der Waals surface area contributed by atoms with E-state index in [9.17, 15) is 4.79 Å². The highest BCUT2D eigenvalue weighted by Gasteiger charge is 2.34. The second-order valence-electron chi connectivity index (χ2n) is 8.14. The zero-order valence-corrected chi connectivity index (χ0v) is 15.1. The fourth-order valence-corrected chi connectivity index (χ4v) is 4.09. The molecule has 0 aromatic carbocycles. The first-order valence-corrected chi connectivity index (χ1v) is 9.32. The topological polar surface area (TPSA) is 17.1 Å². The van der Waals surface area contributed by atoms with E-state index in [0.29, 0.717) is 11.2 Å². The maximum Gasteiger partial charge on any atom is 0.155 e. The van der Waals surface area contributed by atoms with Crippen molar-refractivity contribution in [3.63, 3.8) is 0 Å². The molecule has 1 heteroatoms. The van der Waals surface area contributed by atoms with Crippen molar-refractivity contribution in [3.8, 4) is 0 Å². The number of ketones is 1. The highest BCUT2D eigenvalue weighted by Crippen LogP contribution is 2.46. The summed E-state index contributed by atoms with van der Waals surface area (Å²) < 4.78 is 0. The second-order valence-corrected chi connectivity index (χ2v) is 8.14. The normalized spacial score (nSPS) is 25.0. The third-order valence-corrected chi connectivity index (χ3v) is 5.84. The van der Waals surface area contributed by atoms with Gasteiger partial charge in [0.05, 0.1) is 0 Å². The van der Waals surface area contributed by atoms with Crippen LogP contribution in [-0.2, 0) is 4.79 Å². The second kappa shape index (κ2) is 7.62. The van der Waals surface area contributed by atoms with Crippen molar-refractivity contribution < 1.29 is 4.79 Å². The smallest absolute Gasteiger partial charge is 0.155 e. The van der Waals surface area contributed by atoms with Crippen LogP contribution >= 0.6 is 0 Å². The van der Waals surface area contributed by atoms with Crippen molar-refractivity contribution in [1.29, 1.82) is 0 Å². The Hall–Kier alpha value is -0.850. The van der Waals surface area contributed by atoms with Gasteiger partial charge in [-0.15, -0.1) is 0 Å². The van der Waals surface area contributed by atoms with Gasteiger partial charge >= 0.3 is 0 Å². The molecule has 0 N–H and O–H groups in total. The summed E-state index contributed by atoms with van der Waals surface area (Å²) in [5, 5.41) is 0. The van der Waals surface area contributed by atoms with Crippen LogP contribution in [0.3, 0.4) is 0 Å². The number of hydrogen-bond acceptors (Lipinski definition) is 1. The van der Waals surface area contributed by atoms with Gasteiger partial charge in [0, 0.05) is 6.42 Å². The first-order valence-electron chi connectivity index (χ1n) is 9.32. The van der Waals surface area contributed by atoms with E-state index in [1.54, 1.807) is 11.1 Å². The van der Waals surface area contributed by atoms with E-state index in [4.69, 9.17) is 0 Å². The minimum atomic E-state index is 0.327. The van der Waals surface area contributed by atoms with Gasteiger partial charge in [0.1, 0.15) is 0 Å². The highest BCUT2D eigenvalue weighted by atomic mass is 16.1. The third-order valence-electron chi connectivity index (χ3n) is 5.84. The van der Waals surface area contributed by atoms with Gasteiger partial charge in [0.15, 0.2) is 5.78 Å². The van der Waals surface area contributed by atoms with Gasteiger partial charge in [0.25, 0.3) is 0 Å². The molecule has 124 valence electrons. The van der Waals surface area contributed by atoms with Crippen molar-refractivity contribution in [2.24, 2.45) is 17.3 Å². The summed E-state index contributed by atoms with van der Waals surface area (Å²) in [7, 11) is 0. The lowest BCUT2D eigenvalue weighted by Crippen LogP contribution is -2.29. The molecule has 1 saturated carbocycles. The SMILES string of the molecule is CCC1C(CCC=CC(=O)CCC2CC2)=C(C)CCC1(C)C. The molecule has 2 aliphatic rings. The van der Waals surface area contributed by atoms with Crippen molar-refractivity contribution in [1.82, 2.24) is 0 Å². The first-order chi connectivity index (χ1) is 10.4. The Bertz CT molecular complexity index is 449. The van der Waals surface area contributed by atoms with Crippen molar-refractivity contribution >= 4 is 5.78 Å². The molecule has 22 heavy (non-hydrogen) atoms. The molecular formula is C21H34O. The molecule has 0 spiro atoms. The van der Waals surface area contributed by atoms with E-state index < -0.39 is 0 Å². The van der Waals surface area contributed by atoms with E-state index in [-0.39, 0.29) is 0 Å². The number of carbonyl (C=O) groups is 1. The van der Waals surface area contributed by atoms with Crippen LogP contribution in [0.15, 0.2) is 23.3 Å². The summed E-state index contributed by atoms with van der Waals surface area (Å²) in [6.45, 7) is 9.48. The average Bonchev–Trinajstić information content (AvgIpc) is 3.29. The van der Waals surface area contributed by atoms with Crippen LogP contribution in [0.1, 0.15) is 85.5 Å². The number of rotatable bonds is 8. The fraction of sp³-hybridized carbons (Fsp3) is 0.762. The van der Waals surface area contributed by atoms with Gasteiger partial charge in [-0.05, 0) is 68.8 Å². The summed E-state index contributed by atoms with van der Waals surface area (Å²) in [6.07, 6.45) is 14.5. The molecule has 1 fully saturated rings. The molecular weight excluding hydrogens is 268 g/mol. The summed E-state index contributed by atoms with van der Waals surface area (Å²) in [6, 6.07) is 0. The Morgan fingerprint density at radius 3 is 2.68 bits per heavy atom. The molecule has 0 aliphatic heterocycles. The van der Waals surface area contributed by atoms with E-state index in [0.717, 1.165) is 37.5 Å². The lowest BCUT2D eigenvalue weighted by molar-refractivity contribution is -0.114. The summed E-state index contributed by atoms with van der Waals surface area (Å²) in [5.74, 6) is 1.91. The monoisotopic (exact) mass is 302 g/mol. The molecule has 2 aliphatic carbocycles. The van der Waals surface area contributed by atoms with Crippen molar-refractivity contribution in [3.05, 3.63) is 23.3 Å². The summed E-state index contributed by atoms with van der Waals surface area (Å²) in [5.41, 5.74) is 3.72. The van der Waals surface area contributed by atoms with E-state index >= 15 is 0 Å². The van der Waals surface area contributed by atoms with Gasteiger partial charge < -0.3 is 0 Å². The molecule has 0 radical (unpaired) electrons. The standard InChI is InChI=1S/C21H34O/c1-5-20-19(16(2)14-15-21(20,3)4)9-7-6-8-18(22)13-12-17-10-11-17/h6,8,17,20H,5,7,9-15H2,1-4H3. The predicted octanol–water partition coefficient (Wildman–Crippen LogP) is 6.24. The third kappa shape index (κ3) is 4.83. The zero-order valence-electron chi connectivity index (χ0n) is 15.1. The molecule has 1 nitrogen and oxygen atoms in total. The fourth-order valence-electron chi connectivity index (χ4n) is 4.09. The largest absolute Gasteiger partial charge is 0.295 e. The molecule has 0 saturated heterocycles. The van der Waals surface area contributed by atoms with Gasteiger partial charge in [-0.3, -0.25) is 4.79 Å². The van der Waals surface area contributed by atoms with Crippen LogP contribution in [0.2, 0.25) is 0 Å². The maximum absolute atomic E-state index is 11.8. The lowest BCUT2D eigenvalue weighted by Gasteiger charge is -2.41. The van der Waals surface area contributed by atoms with Crippen molar-refractivity contribution in [2.45, 2.75) is 85.5 Å². The number of carbonyl (C=O) groups excluding carboxylic acids is 1. The summed E-state index contributed by atoms with van der Waals surface area (Å²) >= 11 is 0. The van der Waals surface area contributed by atoms with Crippen LogP contribution in [0.5, 0.6) is 0 Å². The molecule has 1 atom stereocenters. The van der Waals surface area contributed by atoms with Gasteiger partial charge in [-0.2, -0.15) is 0 Å². The molecule has 0 amide bonds. The minimum absolute atomic E-state index is 0.327. The first kappa shape index (κ1) is 17.5. The van der Waals surface area contributed by atoms with E-state index in [1.807, 2.05) is 6.08 Å². The highest BCUT2D eigenvalue weighted by molar-refractivity contribution is 5.89. The average molecular weight is 303 g/mol. The van der Waals surface area contributed by atoms with Gasteiger partial charge in [-0.1, -0.05) is 50.8 Å². The van der Waals surface area contributed by atoms with Crippen LogP contribution in [0, 0.1) is 17.3 Å².